The minimum absolute atomic E-state index is 0.137. The van der Waals surface area contributed by atoms with Crippen molar-refractivity contribution in [2.24, 2.45) is 0 Å². The number of quaternary nitrogens is 1. The molecule has 0 aliphatic heterocycles. The van der Waals surface area contributed by atoms with Crippen LogP contribution in [0.15, 0.2) is 12.2 Å². The van der Waals surface area contributed by atoms with Crippen molar-refractivity contribution in [3.05, 3.63) is 12.2 Å². The zero-order chi connectivity index (χ0) is 16.5. The number of hydrogen-bond donors (Lipinski definition) is 1. The summed E-state index contributed by atoms with van der Waals surface area (Å²) in [6.45, 7) is 6.34. The lowest BCUT2D eigenvalue weighted by Gasteiger charge is -2.24. The van der Waals surface area contributed by atoms with Crippen LogP contribution >= 0.6 is 7.60 Å². The molecule has 0 saturated heterocycles. The molecule has 0 aliphatic carbocycles. The maximum absolute atomic E-state index is 11.8. The van der Waals surface area contributed by atoms with Gasteiger partial charge >= 0.3 is 13.6 Å². The molecule has 0 spiro atoms. The maximum atomic E-state index is 11.8. The van der Waals surface area contributed by atoms with E-state index >= 15 is 0 Å². The average Bonchev–Trinajstić information content (AvgIpc) is 2.30. The monoisotopic (exact) mass is 322 g/mol. The molecule has 0 aromatic heterocycles. The second kappa shape index (κ2) is 9.36. The Morgan fingerprint density at radius 2 is 1.81 bits per heavy atom. The molecule has 0 radical (unpaired) electrons. The van der Waals surface area contributed by atoms with E-state index in [1.54, 1.807) is 6.92 Å². The Morgan fingerprint density at radius 3 is 2.33 bits per heavy atom. The normalized spacial score (nSPS) is 14.5. The number of carbonyl (C=O) groups is 1. The van der Waals surface area contributed by atoms with Crippen LogP contribution in [0.4, 0.5) is 0 Å². The minimum atomic E-state index is -3.49. The van der Waals surface area contributed by atoms with Gasteiger partial charge in [0.15, 0.2) is 0 Å². The summed E-state index contributed by atoms with van der Waals surface area (Å²) in [5.74, 6) is -0.397. The van der Waals surface area contributed by atoms with Crippen molar-refractivity contribution >= 4 is 13.6 Å². The summed E-state index contributed by atoms with van der Waals surface area (Å²) >= 11 is 0. The van der Waals surface area contributed by atoms with E-state index in [9.17, 15) is 14.3 Å². The van der Waals surface area contributed by atoms with Crippen molar-refractivity contribution in [1.82, 2.24) is 0 Å². The van der Waals surface area contributed by atoms with Crippen LogP contribution in [-0.4, -0.2) is 62.4 Å². The molecule has 0 heterocycles. The zero-order valence-corrected chi connectivity index (χ0v) is 14.5. The fourth-order valence-electron chi connectivity index (χ4n) is 1.40. The second-order valence-electron chi connectivity index (χ2n) is 6.19. The molecule has 0 amide bonds. The van der Waals surface area contributed by atoms with Gasteiger partial charge in [0.25, 0.3) is 0 Å². The lowest BCUT2D eigenvalue weighted by atomic mass is 10.3. The Kier molecular flexibility index (Phi) is 9.06. The van der Waals surface area contributed by atoms with Gasteiger partial charge in [0.2, 0.25) is 0 Å². The number of hydrogen-bond acceptors (Lipinski definition) is 4. The number of carbonyl (C=O) groups excluding carboxylic acids is 1. The number of ether oxygens (including phenoxy) is 1. The molecule has 0 bridgehead atoms. The maximum Gasteiger partial charge on any atom is 0.333 e. The van der Waals surface area contributed by atoms with E-state index in [1.165, 1.54) is 0 Å². The van der Waals surface area contributed by atoms with Gasteiger partial charge in [0.05, 0.1) is 27.7 Å². The van der Waals surface area contributed by atoms with Crippen LogP contribution in [0.1, 0.15) is 26.2 Å². The first-order valence-corrected chi connectivity index (χ1v) is 8.89. The van der Waals surface area contributed by atoms with Crippen LogP contribution < -0.4 is 0 Å². The topological polar surface area (TPSA) is 72.8 Å². The molecule has 0 aromatic rings. The molecule has 21 heavy (non-hydrogen) atoms. The van der Waals surface area contributed by atoms with Gasteiger partial charge in [-0.15, -0.1) is 0 Å². The number of nitrogens with zero attached hydrogens (tertiary/aromatic N) is 1. The molecule has 1 N–H and O–H groups in total. The summed E-state index contributed by atoms with van der Waals surface area (Å²) in [5.41, 5.74) is 0.375. The Hall–Kier alpha value is -0.680. The van der Waals surface area contributed by atoms with Gasteiger partial charge in [-0.1, -0.05) is 6.58 Å². The molecular formula is C14H29NO5P+. The third kappa shape index (κ3) is 12.8. The number of rotatable bonds is 11. The first-order valence-electron chi connectivity index (χ1n) is 7.13. The molecular weight excluding hydrogens is 293 g/mol. The summed E-state index contributed by atoms with van der Waals surface area (Å²) in [6, 6.07) is 0. The lowest BCUT2D eigenvalue weighted by molar-refractivity contribution is -0.870. The fourth-order valence-corrected chi connectivity index (χ4v) is 2.52. The Labute approximate surface area is 127 Å². The number of esters is 1. The highest BCUT2D eigenvalue weighted by Crippen LogP contribution is 2.42. The Bertz CT molecular complexity index is 389. The molecule has 0 saturated carbocycles. The van der Waals surface area contributed by atoms with Crippen LogP contribution in [0.25, 0.3) is 0 Å². The van der Waals surface area contributed by atoms with E-state index in [2.05, 4.69) is 6.58 Å². The van der Waals surface area contributed by atoms with Crippen LogP contribution in [0, 0.1) is 0 Å². The molecule has 124 valence electrons. The molecule has 0 fully saturated rings. The van der Waals surface area contributed by atoms with Crippen molar-refractivity contribution in [2.45, 2.75) is 26.2 Å². The highest BCUT2D eigenvalue weighted by atomic mass is 31.2. The van der Waals surface area contributed by atoms with Crippen molar-refractivity contribution in [3.8, 4) is 0 Å². The van der Waals surface area contributed by atoms with Crippen molar-refractivity contribution in [1.29, 1.82) is 0 Å². The van der Waals surface area contributed by atoms with Gasteiger partial charge in [-0.3, -0.25) is 4.57 Å². The summed E-state index contributed by atoms with van der Waals surface area (Å²) in [4.78, 5) is 20.8. The highest BCUT2D eigenvalue weighted by molar-refractivity contribution is 7.52. The average molecular weight is 322 g/mol. The van der Waals surface area contributed by atoms with E-state index in [0.29, 0.717) is 42.5 Å². The van der Waals surface area contributed by atoms with Gasteiger partial charge in [0.1, 0.15) is 13.2 Å². The Morgan fingerprint density at radius 1 is 1.19 bits per heavy atom. The van der Waals surface area contributed by atoms with E-state index < -0.39 is 13.6 Å². The molecule has 0 rings (SSSR count). The summed E-state index contributed by atoms with van der Waals surface area (Å²) in [5, 5.41) is 0. The lowest BCUT2D eigenvalue weighted by Crippen LogP contribution is -2.37. The van der Waals surface area contributed by atoms with Crippen LogP contribution in [0.3, 0.4) is 0 Å². The molecule has 7 heteroatoms. The van der Waals surface area contributed by atoms with E-state index in [1.807, 2.05) is 21.1 Å². The second-order valence-corrected chi connectivity index (χ2v) is 8.17. The van der Waals surface area contributed by atoms with E-state index in [-0.39, 0.29) is 12.8 Å². The fraction of sp³-hybridized carbons (Fsp3) is 0.786. The van der Waals surface area contributed by atoms with Gasteiger partial charge in [0, 0.05) is 11.7 Å². The van der Waals surface area contributed by atoms with Gasteiger partial charge < -0.3 is 18.6 Å². The van der Waals surface area contributed by atoms with Gasteiger partial charge in [-0.25, -0.2) is 4.79 Å². The molecule has 0 aliphatic rings. The van der Waals surface area contributed by atoms with Crippen LogP contribution in [0.2, 0.25) is 0 Å². The summed E-state index contributed by atoms with van der Waals surface area (Å²) in [6.07, 6.45) is 2.09. The number of unbranched alkanes of at least 4 members (excludes halogenated alkanes) is 2. The Balaban J connectivity index is 3.68. The molecule has 1 unspecified atom stereocenters. The van der Waals surface area contributed by atoms with Crippen LogP contribution in [0.5, 0.6) is 0 Å². The number of likely N-dealkylation sites (N-methyl/N-ethyl adjacent to an activating group) is 1. The third-order valence-corrected chi connectivity index (χ3v) is 4.19. The standard InChI is InChI=1S/C14H28NO5P/c1-13(2)14(16)19-10-7-6-8-12-21(17,18)20-11-9-15(3,4)5/h1,6-12H2,2-5H3/p+1. The molecule has 6 nitrogen and oxygen atoms in total. The van der Waals surface area contributed by atoms with Crippen LogP contribution in [-0.2, 0) is 18.6 Å². The smallest absolute Gasteiger partial charge is 0.333 e. The van der Waals surface area contributed by atoms with Crippen molar-refractivity contribution in [2.75, 3.05) is 47.1 Å². The van der Waals surface area contributed by atoms with Crippen molar-refractivity contribution < 1.29 is 28.0 Å². The summed E-state index contributed by atoms with van der Waals surface area (Å²) in [7, 11) is 2.50. The highest BCUT2D eigenvalue weighted by Gasteiger charge is 2.20. The SMILES string of the molecule is C=C(C)C(=O)OCCCCCP(=O)(O)OCC[N+](C)(C)C. The van der Waals surface area contributed by atoms with Crippen molar-refractivity contribution in [3.63, 3.8) is 0 Å². The van der Waals surface area contributed by atoms with Gasteiger partial charge in [-0.05, 0) is 26.2 Å². The first-order chi connectivity index (χ1) is 9.53. The van der Waals surface area contributed by atoms with Gasteiger partial charge in [-0.2, -0.15) is 0 Å². The largest absolute Gasteiger partial charge is 0.462 e. The third-order valence-electron chi connectivity index (χ3n) is 2.72. The predicted octanol–water partition coefficient (Wildman–Crippen LogP) is 2.18. The summed E-state index contributed by atoms with van der Waals surface area (Å²) < 4.78 is 22.5. The zero-order valence-electron chi connectivity index (χ0n) is 13.6. The molecule has 1 atom stereocenters. The predicted molar refractivity (Wildman–Crippen MR) is 83.2 cm³/mol. The van der Waals surface area contributed by atoms with E-state index in [4.69, 9.17) is 9.26 Å². The minimum Gasteiger partial charge on any atom is -0.462 e. The molecule has 0 aromatic carbocycles. The van der Waals surface area contributed by atoms with E-state index in [0.717, 1.165) is 0 Å². The first kappa shape index (κ1) is 20.3. The quantitative estimate of drug-likeness (QED) is 0.207.